The van der Waals surface area contributed by atoms with Gasteiger partial charge in [-0.05, 0) is 32.0 Å². The monoisotopic (exact) mass is 352 g/mol. The fraction of sp³-hybridized carbons (Fsp3) is 0.267. The molecule has 0 bridgehead atoms. The fourth-order valence-corrected chi connectivity index (χ4v) is 2.81. The zero-order valence-electron chi connectivity index (χ0n) is 13.3. The Kier molecular flexibility index (Phi) is 4.74. The molecule has 24 heavy (non-hydrogen) atoms. The van der Waals surface area contributed by atoms with Crippen molar-refractivity contribution in [2.24, 2.45) is 0 Å². The Morgan fingerprint density at radius 2 is 1.92 bits per heavy atom. The third kappa shape index (κ3) is 3.99. The van der Waals surface area contributed by atoms with Crippen molar-refractivity contribution >= 4 is 27.4 Å². The van der Waals surface area contributed by atoms with Crippen LogP contribution < -0.4 is 5.32 Å². The highest BCUT2D eigenvalue weighted by Gasteiger charge is 2.17. The number of hydrogen-bond acceptors (Lipinski definition) is 6. The molecule has 0 saturated heterocycles. The number of amides is 1. The number of aryl methyl sites for hydroxylation is 2. The molecule has 1 amide bonds. The molecular weight excluding hydrogens is 336 g/mol. The average molecular weight is 352 g/mol. The summed E-state index contributed by atoms with van der Waals surface area (Å²) in [5.41, 5.74) is 1.07. The Labute approximate surface area is 138 Å². The summed E-state index contributed by atoms with van der Waals surface area (Å²) in [4.78, 5) is 23.1. The molecule has 1 heterocycles. The second-order valence-corrected chi connectivity index (χ2v) is 7.37. The summed E-state index contributed by atoms with van der Waals surface area (Å²) in [5, 5.41) is 15.3. The van der Waals surface area contributed by atoms with Gasteiger partial charge in [-0.1, -0.05) is 5.16 Å². The Balaban J connectivity index is 2.30. The summed E-state index contributed by atoms with van der Waals surface area (Å²) in [7, 11) is -3.62. The van der Waals surface area contributed by atoms with Gasteiger partial charge in [-0.2, -0.15) is 0 Å². The molecule has 0 atom stereocenters. The third-order valence-corrected chi connectivity index (χ3v) is 4.48. The van der Waals surface area contributed by atoms with Crippen molar-refractivity contribution in [3.8, 4) is 0 Å². The number of hydrogen-bond donors (Lipinski definition) is 2. The van der Waals surface area contributed by atoms with Gasteiger partial charge in [-0.15, -0.1) is 0 Å². The standard InChI is InChI=1S/C15H16N2O6S/c1-8-13(9(2)23-17-8)7-14(18)16-11-4-10(15(19)20)5-12(6-11)24(3,21)22/h4-6H,7H2,1-3H3,(H,16,18)(H,19,20). The molecule has 1 aromatic carbocycles. The van der Waals surface area contributed by atoms with E-state index >= 15 is 0 Å². The van der Waals surface area contributed by atoms with E-state index in [2.05, 4.69) is 10.5 Å². The van der Waals surface area contributed by atoms with Gasteiger partial charge in [-0.3, -0.25) is 4.79 Å². The van der Waals surface area contributed by atoms with Crippen molar-refractivity contribution in [2.75, 3.05) is 11.6 Å². The lowest BCUT2D eigenvalue weighted by atomic mass is 10.1. The average Bonchev–Trinajstić information content (AvgIpc) is 2.77. The summed E-state index contributed by atoms with van der Waals surface area (Å²) in [6.45, 7) is 3.38. The van der Waals surface area contributed by atoms with Crippen LogP contribution in [-0.4, -0.2) is 36.8 Å². The fourth-order valence-electron chi connectivity index (χ4n) is 2.13. The van der Waals surface area contributed by atoms with Crippen LogP contribution in [0.15, 0.2) is 27.6 Å². The lowest BCUT2D eigenvalue weighted by Gasteiger charge is -2.09. The topological polar surface area (TPSA) is 127 Å². The largest absolute Gasteiger partial charge is 0.478 e. The maximum absolute atomic E-state index is 12.1. The first-order valence-corrected chi connectivity index (χ1v) is 8.77. The second kappa shape index (κ2) is 6.44. The van der Waals surface area contributed by atoms with Crippen molar-refractivity contribution in [3.05, 3.63) is 40.8 Å². The molecule has 0 fully saturated rings. The molecule has 128 valence electrons. The first-order valence-electron chi connectivity index (χ1n) is 6.88. The van der Waals surface area contributed by atoms with Gasteiger partial charge in [0.15, 0.2) is 9.84 Å². The van der Waals surface area contributed by atoms with Gasteiger partial charge in [-0.25, -0.2) is 13.2 Å². The number of sulfone groups is 1. The van der Waals surface area contributed by atoms with Crippen LogP contribution in [0.2, 0.25) is 0 Å². The van der Waals surface area contributed by atoms with Crippen LogP contribution >= 0.6 is 0 Å². The number of carboxylic acids is 1. The second-order valence-electron chi connectivity index (χ2n) is 5.35. The maximum atomic E-state index is 12.1. The van der Waals surface area contributed by atoms with Crippen molar-refractivity contribution in [2.45, 2.75) is 25.2 Å². The normalized spacial score (nSPS) is 11.3. The minimum atomic E-state index is -3.62. The number of aromatic nitrogens is 1. The number of benzene rings is 1. The Morgan fingerprint density at radius 1 is 1.25 bits per heavy atom. The summed E-state index contributed by atoms with van der Waals surface area (Å²) in [5.74, 6) is -1.22. The number of carboxylic acid groups (broad SMARTS) is 1. The van der Waals surface area contributed by atoms with Crippen molar-refractivity contribution in [3.63, 3.8) is 0 Å². The summed E-state index contributed by atoms with van der Waals surface area (Å²) >= 11 is 0. The molecule has 0 aliphatic heterocycles. The molecule has 2 N–H and O–H groups in total. The molecule has 0 aliphatic carbocycles. The molecule has 0 saturated carbocycles. The van der Waals surface area contributed by atoms with Crippen LogP contribution in [0.25, 0.3) is 0 Å². The minimum absolute atomic E-state index is 0.0212. The quantitative estimate of drug-likeness (QED) is 0.836. The first kappa shape index (κ1) is 17.7. The van der Waals surface area contributed by atoms with Gasteiger partial charge < -0.3 is 14.9 Å². The molecule has 0 spiro atoms. The molecule has 0 unspecified atom stereocenters. The van der Waals surface area contributed by atoms with E-state index in [-0.39, 0.29) is 22.6 Å². The van der Waals surface area contributed by atoms with Crippen LogP contribution in [0.5, 0.6) is 0 Å². The zero-order valence-corrected chi connectivity index (χ0v) is 14.1. The van der Waals surface area contributed by atoms with E-state index in [0.29, 0.717) is 17.0 Å². The van der Waals surface area contributed by atoms with E-state index in [4.69, 9.17) is 9.63 Å². The highest BCUT2D eigenvalue weighted by atomic mass is 32.2. The van der Waals surface area contributed by atoms with Gasteiger partial charge in [0.25, 0.3) is 0 Å². The molecule has 0 aliphatic rings. The summed E-state index contributed by atoms with van der Waals surface area (Å²) in [6, 6.07) is 3.46. The number of carbonyl (C=O) groups excluding carboxylic acids is 1. The number of anilines is 1. The molecule has 1 aromatic heterocycles. The summed E-state index contributed by atoms with van der Waals surface area (Å²) in [6.07, 6.45) is 0.941. The van der Waals surface area contributed by atoms with Gasteiger partial charge in [0.2, 0.25) is 5.91 Å². The summed E-state index contributed by atoms with van der Waals surface area (Å²) < 4.78 is 28.3. The van der Waals surface area contributed by atoms with Gasteiger partial charge in [0.05, 0.1) is 22.6 Å². The number of nitrogens with zero attached hydrogens (tertiary/aromatic N) is 1. The molecule has 2 rings (SSSR count). The van der Waals surface area contributed by atoms with Crippen molar-refractivity contribution in [1.82, 2.24) is 5.16 Å². The Bertz CT molecular complexity index is 895. The van der Waals surface area contributed by atoms with Gasteiger partial charge in [0, 0.05) is 17.5 Å². The van der Waals surface area contributed by atoms with E-state index < -0.39 is 21.7 Å². The Hall–Kier alpha value is -2.68. The third-order valence-electron chi connectivity index (χ3n) is 3.38. The molecule has 9 heteroatoms. The van der Waals surface area contributed by atoms with Crippen LogP contribution in [0, 0.1) is 13.8 Å². The number of carbonyl (C=O) groups is 2. The van der Waals surface area contributed by atoms with Crippen LogP contribution in [0.3, 0.4) is 0 Å². The first-order chi connectivity index (χ1) is 11.1. The van der Waals surface area contributed by atoms with Gasteiger partial charge >= 0.3 is 5.97 Å². The van der Waals surface area contributed by atoms with E-state index in [1.54, 1.807) is 13.8 Å². The predicted molar refractivity (Wildman–Crippen MR) is 84.8 cm³/mol. The molecule has 0 radical (unpaired) electrons. The van der Waals surface area contributed by atoms with Crippen molar-refractivity contribution < 1.29 is 27.6 Å². The van der Waals surface area contributed by atoms with Crippen LogP contribution in [0.4, 0.5) is 5.69 Å². The SMILES string of the molecule is Cc1noc(C)c1CC(=O)Nc1cc(C(=O)O)cc(S(C)(=O)=O)c1. The number of aromatic carboxylic acids is 1. The van der Waals surface area contributed by atoms with Crippen molar-refractivity contribution in [1.29, 1.82) is 0 Å². The van der Waals surface area contributed by atoms with E-state index in [1.165, 1.54) is 12.1 Å². The lowest BCUT2D eigenvalue weighted by molar-refractivity contribution is -0.115. The molecule has 8 nitrogen and oxygen atoms in total. The minimum Gasteiger partial charge on any atom is -0.478 e. The highest BCUT2D eigenvalue weighted by molar-refractivity contribution is 7.90. The van der Waals surface area contributed by atoms with E-state index in [1.807, 2.05) is 0 Å². The van der Waals surface area contributed by atoms with E-state index in [9.17, 15) is 18.0 Å². The number of rotatable bonds is 5. The number of nitrogens with one attached hydrogen (secondary N) is 1. The lowest BCUT2D eigenvalue weighted by Crippen LogP contribution is -2.16. The van der Waals surface area contributed by atoms with E-state index in [0.717, 1.165) is 12.3 Å². The van der Waals surface area contributed by atoms with Crippen LogP contribution in [-0.2, 0) is 21.1 Å². The predicted octanol–water partition coefficient (Wildman–Crippen LogP) is 1.57. The Morgan fingerprint density at radius 3 is 2.42 bits per heavy atom. The van der Waals surface area contributed by atoms with Gasteiger partial charge in [0.1, 0.15) is 5.76 Å². The maximum Gasteiger partial charge on any atom is 0.335 e. The smallest absolute Gasteiger partial charge is 0.335 e. The van der Waals surface area contributed by atoms with Crippen LogP contribution in [0.1, 0.15) is 27.4 Å². The zero-order chi connectivity index (χ0) is 18.1. The highest BCUT2D eigenvalue weighted by Crippen LogP contribution is 2.20. The molecule has 2 aromatic rings. The molecular formula is C15H16N2O6S.